The van der Waals surface area contributed by atoms with Crippen LogP contribution in [0.1, 0.15) is 52.3 Å². The van der Waals surface area contributed by atoms with Crippen LogP contribution in [0.3, 0.4) is 0 Å². The molecule has 1 aromatic carbocycles. The molecule has 0 aliphatic carbocycles. The molecule has 2 saturated heterocycles. The van der Waals surface area contributed by atoms with Crippen molar-refractivity contribution in [3.63, 3.8) is 0 Å². The van der Waals surface area contributed by atoms with Gasteiger partial charge in [-0.25, -0.2) is 17.8 Å². The zero-order chi connectivity index (χ0) is 24.7. The van der Waals surface area contributed by atoms with Gasteiger partial charge >= 0.3 is 0 Å². The standard InChI is InChI=1S/C23H32FN5O3S2/c1-23(2,3)21-26-22(33-27-21)28-12-9-15(10-13-28)29-11-5-6-19(20(29)30)25-18-8-7-16(14-17(18)24)34(4,31)32/h7-8,14-15,19,25H,5-6,9-13H2,1-4H3/t19-/m0/s1. The van der Waals surface area contributed by atoms with Crippen LogP contribution in [0.4, 0.5) is 15.2 Å². The molecule has 1 atom stereocenters. The molecule has 0 radical (unpaired) electrons. The van der Waals surface area contributed by atoms with E-state index in [1.54, 1.807) is 0 Å². The second kappa shape index (κ2) is 9.41. The number of rotatable bonds is 5. The van der Waals surface area contributed by atoms with Crippen LogP contribution >= 0.6 is 11.5 Å². The number of anilines is 2. The molecule has 8 nitrogen and oxygen atoms in total. The number of halogens is 1. The Bertz CT molecular complexity index is 1150. The van der Waals surface area contributed by atoms with Crippen molar-refractivity contribution in [1.82, 2.24) is 14.3 Å². The topological polar surface area (TPSA) is 95.5 Å². The molecule has 0 bridgehead atoms. The van der Waals surface area contributed by atoms with Crippen molar-refractivity contribution in [3.05, 3.63) is 29.8 Å². The number of amides is 1. The molecule has 0 saturated carbocycles. The van der Waals surface area contributed by atoms with Crippen LogP contribution < -0.4 is 10.2 Å². The van der Waals surface area contributed by atoms with Crippen molar-refractivity contribution in [1.29, 1.82) is 0 Å². The SMILES string of the molecule is CC(C)(C)c1nsc(N2CCC(N3CCC[C@H](Nc4ccc(S(C)(=O)=O)cc4F)C3=O)CC2)n1. The average Bonchev–Trinajstić information content (AvgIpc) is 3.27. The molecule has 34 heavy (non-hydrogen) atoms. The Kier molecular flexibility index (Phi) is 6.87. The van der Waals surface area contributed by atoms with Gasteiger partial charge in [0.2, 0.25) is 11.0 Å². The summed E-state index contributed by atoms with van der Waals surface area (Å²) in [5.74, 6) is 0.154. The van der Waals surface area contributed by atoms with Crippen LogP contribution in [0, 0.1) is 5.82 Å². The molecular weight excluding hydrogens is 477 g/mol. The van der Waals surface area contributed by atoms with Crippen molar-refractivity contribution in [2.45, 2.75) is 68.8 Å². The largest absolute Gasteiger partial charge is 0.371 e. The fourth-order valence-electron chi connectivity index (χ4n) is 4.44. The lowest BCUT2D eigenvalue weighted by atomic mass is 9.96. The Balaban J connectivity index is 1.38. The predicted molar refractivity (Wildman–Crippen MR) is 132 cm³/mol. The molecule has 2 aliphatic heterocycles. The molecular formula is C23H32FN5O3S2. The van der Waals surface area contributed by atoms with Crippen molar-refractivity contribution in [2.24, 2.45) is 0 Å². The van der Waals surface area contributed by atoms with Gasteiger partial charge in [-0.15, -0.1) is 0 Å². The molecule has 186 valence electrons. The van der Waals surface area contributed by atoms with E-state index in [4.69, 9.17) is 4.98 Å². The van der Waals surface area contributed by atoms with Crippen LogP contribution in [-0.4, -0.2) is 66.6 Å². The lowest BCUT2D eigenvalue weighted by molar-refractivity contribution is -0.137. The summed E-state index contributed by atoms with van der Waals surface area (Å²) < 4.78 is 42.4. The lowest BCUT2D eigenvalue weighted by Gasteiger charge is -2.42. The molecule has 1 N–H and O–H groups in total. The van der Waals surface area contributed by atoms with E-state index in [-0.39, 0.29) is 27.9 Å². The van der Waals surface area contributed by atoms with Crippen LogP contribution in [-0.2, 0) is 20.0 Å². The van der Waals surface area contributed by atoms with Crippen molar-refractivity contribution >= 4 is 38.1 Å². The number of piperidine rings is 2. The number of nitrogens with one attached hydrogen (secondary N) is 1. The van der Waals surface area contributed by atoms with Gasteiger partial charge in [0.1, 0.15) is 17.7 Å². The molecule has 11 heteroatoms. The van der Waals surface area contributed by atoms with Gasteiger partial charge in [0.25, 0.3) is 0 Å². The maximum absolute atomic E-state index is 14.5. The fraction of sp³-hybridized carbons (Fsp3) is 0.609. The first kappa shape index (κ1) is 24.8. The van der Waals surface area contributed by atoms with Gasteiger partial charge in [0, 0.05) is 48.9 Å². The molecule has 4 rings (SSSR count). The van der Waals surface area contributed by atoms with Gasteiger partial charge in [-0.2, -0.15) is 4.37 Å². The Hall–Kier alpha value is -2.27. The summed E-state index contributed by atoms with van der Waals surface area (Å²) in [6.07, 6.45) is 4.18. The minimum absolute atomic E-state index is 0.0257. The van der Waals surface area contributed by atoms with Gasteiger partial charge in [-0.3, -0.25) is 4.79 Å². The van der Waals surface area contributed by atoms with Crippen LogP contribution in [0.2, 0.25) is 0 Å². The number of likely N-dealkylation sites (tertiary alicyclic amines) is 1. The van der Waals surface area contributed by atoms with Crippen LogP contribution in [0.25, 0.3) is 0 Å². The summed E-state index contributed by atoms with van der Waals surface area (Å²) in [7, 11) is -3.49. The lowest BCUT2D eigenvalue weighted by Crippen LogP contribution is -2.54. The van der Waals surface area contributed by atoms with Crippen molar-refractivity contribution in [3.8, 4) is 0 Å². The Morgan fingerprint density at radius 3 is 2.44 bits per heavy atom. The number of carbonyl (C=O) groups excluding carboxylic acids is 1. The Morgan fingerprint density at radius 2 is 1.85 bits per heavy atom. The summed E-state index contributed by atoms with van der Waals surface area (Å²) in [5.41, 5.74) is 0.0632. The minimum atomic E-state index is -3.49. The first-order valence-corrected chi connectivity index (χ1v) is 14.3. The van der Waals surface area contributed by atoms with E-state index in [0.717, 1.165) is 55.6 Å². The summed E-state index contributed by atoms with van der Waals surface area (Å²) in [4.78, 5) is 22.1. The number of benzene rings is 1. The van der Waals surface area contributed by atoms with Gasteiger partial charge in [-0.1, -0.05) is 20.8 Å². The number of hydrogen-bond donors (Lipinski definition) is 1. The summed E-state index contributed by atoms with van der Waals surface area (Å²) in [5, 5.41) is 3.94. The van der Waals surface area contributed by atoms with E-state index in [1.165, 1.54) is 23.7 Å². The number of hydrogen-bond acceptors (Lipinski definition) is 8. The zero-order valence-electron chi connectivity index (χ0n) is 20.0. The Labute approximate surface area is 204 Å². The molecule has 1 aromatic heterocycles. The summed E-state index contributed by atoms with van der Waals surface area (Å²) >= 11 is 1.43. The molecule has 3 heterocycles. The van der Waals surface area contributed by atoms with Gasteiger partial charge in [0.15, 0.2) is 9.84 Å². The third-order valence-electron chi connectivity index (χ3n) is 6.43. The predicted octanol–water partition coefficient (Wildman–Crippen LogP) is 3.45. The van der Waals surface area contributed by atoms with Crippen molar-refractivity contribution in [2.75, 3.05) is 36.1 Å². The normalized spacial score (nSPS) is 20.6. The Morgan fingerprint density at radius 1 is 1.15 bits per heavy atom. The first-order chi connectivity index (χ1) is 15.9. The highest BCUT2D eigenvalue weighted by Gasteiger charge is 2.35. The minimum Gasteiger partial charge on any atom is -0.371 e. The number of sulfone groups is 1. The van der Waals surface area contributed by atoms with Gasteiger partial charge < -0.3 is 15.1 Å². The highest BCUT2D eigenvalue weighted by molar-refractivity contribution is 7.90. The quantitative estimate of drug-likeness (QED) is 0.660. The molecule has 2 fully saturated rings. The second-order valence-electron chi connectivity index (χ2n) is 10.2. The molecule has 0 unspecified atom stereocenters. The third kappa shape index (κ3) is 5.35. The number of aromatic nitrogens is 2. The number of carbonyl (C=O) groups is 1. The van der Waals surface area contributed by atoms with E-state index in [2.05, 4.69) is 35.4 Å². The highest BCUT2D eigenvalue weighted by atomic mass is 32.2. The third-order valence-corrected chi connectivity index (χ3v) is 8.32. The van der Waals surface area contributed by atoms with Crippen LogP contribution in [0.15, 0.2) is 23.1 Å². The zero-order valence-corrected chi connectivity index (χ0v) is 21.7. The highest BCUT2D eigenvalue weighted by Crippen LogP contribution is 2.30. The fourth-order valence-corrected chi connectivity index (χ4v) is 5.99. The number of nitrogens with zero attached hydrogens (tertiary/aromatic N) is 4. The maximum atomic E-state index is 14.5. The van der Waals surface area contributed by atoms with E-state index in [9.17, 15) is 17.6 Å². The van der Waals surface area contributed by atoms with Crippen LogP contribution in [0.5, 0.6) is 0 Å². The maximum Gasteiger partial charge on any atom is 0.245 e. The molecule has 2 aliphatic rings. The monoisotopic (exact) mass is 509 g/mol. The van der Waals surface area contributed by atoms with Gasteiger partial charge in [0.05, 0.1) is 10.6 Å². The average molecular weight is 510 g/mol. The molecule has 0 spiro atoms. The van der Waals surface area contributed by atoms with Crippen molar-refractivity contribution < 1.29 is 17.6 Å². The van der Waals surface area contributed by atoms with E-state index < -0.39 is 21.7 Å². The molecule has 2 aromatic rings. The van der Waals surface area contributed by atoms with E-state index in [1.807, 2.05) is 4.90 Å². The van der Waals surface area contributed by atoms with E-state index >= 15 is 0 Å². The first-order valence-electron chi connectivity index (χ1n) is 11.6. The second-order valence-corrected chi connectivity index (χ2v) is 12.9. The van der Waals surface area contributed by atoms with Gasteiger partial charge in [-0.05, 0) is 43.9 Å². The molecule has 1 amide bonds. The summed E-state index contributed by atoms with van der Waals surface area (Å²) in [6.45, 7) is 8.63. The summed E-state index contributed by atoms with van der Waals surface area (Å²) in [6, 6.07) is 3.37. The smallest absolute Gasteiger partial charge is 0.245 e. The van der Waals surface area contributed by atoms with E-state index in [0.29, 0.717) is 13.0 Å².